The van der Waals surface area contributed by atoms with Crippen molar-refractivity contribution in [2.45, 2.75) is 25.8 Å². The van der Waals surface area contributed by atoms with Crippen molar-refractivity contribution < 1.29 is 18.7 Å². The fourth-order valence-corrected chi connectivity index (χ4v) is 2.70. The average molecular weight is 329 g/mol. The van der Waals surface area contributed by atoms with Gasteiger partial charge in [0.15, 0.2) is 0 Å². The summed E-state index contributed by atoms with van der Waals surface area (Å²) in [4.78, 5) is 25.5. The van der Waals surface area contributed by atoms with Gasteiger partial charge in [-0.2, -0.15) is 0 Å². The number of benzene rings is 1. The molecule has 1 N–H and O–H groups in total. The van der Waals surface area contributed by atoms with E-state index in [9.17, 15) is 14.0 Å². The predicted molar refractivity (Wildman–Crippen MR) is 80.5 cm³/mol. The summed E-state index contributed by atoms with van der Waals surface area (Å²) in [6, 6.07) is 3.54. The van der Waals surface area contributed by atoms with Gasteiger partial charge in [0.25, 0.3) is 5.91 Å². The van der Waals surface area contributed by atoms with Gasteiger partial charge in [-0.05, 0) is 38.0 Å². The molecule has 1 aromatic carbocycles. The molecule has 0 aliphatic carbocycles. The number of nitrogens with one attached hydrogen (secondary N) is 1. The Labute approximate surface area is 133 Å². The molecule has 0 saturated carbocycles. The van der Waals surface area contributed by atoms with Gasteiger partial charge in [0.1, 0.15) is 5.82 Å². The molecule has 120 valence electrons. The quantitative estimate of drug-likeness (QED) is 0.928. The number of rotatable bonds is 3. The van der Waals surface area contributed by atoms with Crippen LogP contribution in [0.3, 0.4) is 0 Å². The summed E-state index contributed by atoms with van der Waals surface area (Å²) in [5, 5.41) is 2.82. The van der Waals surface area contributed by atoms with Crippen molar-refractivity contribution in [3.8, 4) is 0 Å². The first kappa shape index (κ1) is 16.5. The zero-order chi connectivity index (χ0) is 16.1. The van der Waals surface area contributed by atoms with E-state index in [1.807, 2.05) is 0 Å². The minimum Gasteiger partial charge on any atom is -0.450 e. The van der Waals surface area contributed by atoms with E-state index in [0.717, 1.165) is 18.9 Å². The number of likely N-dealkylation sites (tertiary alicyclic amines) is 1. The summed E-state index contributed by atoms with van der Waals surface area (Å²) in [5.74, 6) is -0.748. The Morgan fingerprint density at radius 1 is 1.50 bits per heavy atom. The second-order valence-electron chi connectivity index (χ2n) is 5.08. The van der Waals surface area contributed by atoms with Crippen LogP contribution < -0.4 is 5.32 Å². The van der Waals surface area contributed by atoms with Crippen molar-refractivity contribution in [3.63, 3.8) is 0 Å². The van der Waals surface area contributed by atoms with Crippen molar-refractivity contribution in [1.82, 2.24) is 10.2 Å². The fourth-order valence-electron chi connectivity index (χ4n) is 2.45. The molecule has 1 aromatic rings. The summed E-state index contributed by atoms with van der Waals surface area (Å²) in [6.45, 7) is 2.98. The van der Waals surface area contributed by atoms with Gasteiger partial charge in [0.2, 0.25) is 0 Å². The van der Waals surface area contributed by atoms with Crippen LogP contribution in [-0.2, 0) is 4.74 Å². The van der Waals surface area contributed by atoms with Crippen LogP contribution in [0.5, 0.6) is 0 Å². The van der Waals surface area contributed by atoms with Crippen LogP contribution in [0.25, 0.3) is 0 Å². The van der Waals surface area contributed by atoms with Crippen LogP contribution in [0.1, 0.15) is 30.1 Å². The molecule has 0 aromatic heterocycles. The van der Waals surface area contributed by atoms with Gasteiger partial charge in [-0.25, -0.2) is 9.18 Å². The monoisotopic (exact) mass is 328 g/mol. The van der Waals surface area contributed by atoms with Gasteiger partial charge >= 0.3 is 6.09 Å². The summed E-state index contributed by atoms with van der Waals surface area (Å²) in [6.07, 6.45) is 1.06. The highest BCUT2D eigenvalue weighted by Crippen LogP contribution is 2.21. The third kappa shape index (κ3) is 4.10. The van der Waals surface area contributed by atoms with Crippen molar-refractivity contribution in [3.05, 3.63) is 34.6 Å². The Morgan fingerprint density at radius 2 is 2.27 bits per heavy atom. The van der Waals surface area contributed by atoms with Gasteiger partial charge < -0.3 is 15.0 Å². The number of ether oxygens (including phenoxy) is 1. The molecule has 2 rings (SSSR count). The minimum atomic E-state index is -0.485. The van der Waals surface area contributed by atoms with Crippen LogP contribution in [0.2, 0.25) is 5.02 Å². The van der Waals surface area contributed by atoms with Crippen molar-refractivity contribution in [2.24, 2.45) is 0 Å². The zero-order valence-electron chi connectivity index (χ0n) is 12.3. The molecule has 1 fully saturated rings. The predicted octanol–water partition coefficient (Wildman–Crippen LogP) is 2.83. The Balaban J connectivity index is 2.02. The SMILES string of the molecule is CCOC(=O)NC1CCCN(C(=O)c2ccc(F)cc2Cl)C1. The maximum Gasteiger partial charge on any atom is 0.407 e. The molecule has 2 amide bonds. The molecular formula is C15H18ClFN2O3. The Morgan fingerprint density at radius 3 is 2.95 bits per heavy atom. The third-order valence-corrected chi connectivity index (χ3v) is 3.78. The summed E-state index contributed by atoms with van der Waals surface area (Å²) < 4.78 is 17.9. The molecule has 5 nitrogen and oxygen atoms in total. The lowest BCUT2D eigenvalue weighted by Crippen LogP contribution is -2.49. The van der Waals surface area contributed by atoms with E-state index in [4.69, 9.17) is 16.3 Å². The zero-order valence-corrected chi connectivity index (χ0v) is 13.0. The van der Waals surface area contributed by atoms with Crippen LogP contribution in [0.4, 0.5) is 9.18 Å². The first-order valence-electron chi connectivity index (χ1n) is 7.19. The second kappa shape index (κ2) is 7.45. The van der Waals surface area contributed by atoms with Gasteiger partial charge in [0, 0.05) is 19.1 Å². The molecule has 0 radical (unpaired) electrons. The van der Waals surface area contributed by atoms with Gasteiger partial charge in [-0.1, -0.05) is 11.6 Å². The summed E-state index contributed by atoms with van der Waals surface area (Å²) in [7, 11) is 0. The topological polar surface area (TPSA) is 58.6 Å². The first-order chi connectivity index (χ1) is 10.5. The Kier molecular flexibility index (Phi) is 5.60. The van der Waals surface area contributed by atoms with Gasteiger partial charge in [-0.3, -0.25) is 4.79 Å². The van der Waals surface area contributed by atoms with Gasteiger partial charge in [-0.15, -0.1) is 0 Å². The summed E-state index contributed by atoms with van der Waals surface area (Å²) >= 11 is 5.93. The largest absolute Gasteiger partial charge is 0.450 e. The number of hydrogen-bond donors (Lipinski definition) is 1. The van der Waals surface area contributed by atoms with E-state index in [0.29, 0.717) is 19.7 Å². The fraction of sp³-hybridized carbons (Fsp3) is 0.467. The van der Waals surface area contributed by atoms with Gasteiger partial charge in [0.05, 0.1) is 17.2 Å². The highest BCUT2D eigenvalue weighted by molar-refractivity contribution is 6.33. The summed E-state index contributed by atoms with van der Waals surface area (Å²) in [5.41, 5.74) is 0.264. The lowest BCUT2D eigenvalue weighted by atomic mass is 10.0. The number of carbonyl (C=O) groups is 2. The van der Waals surface area contributed by atoms with Crippen LogP contribution in [0.15, 0.2) is 18.2 Å². The molecule has 1 atom stereocenters. The molecule has 1 heterocycles. The van der Waals surface area contributed by atoms with Crippen molar-refractivity contribution >= 4 is 23.6 Å². The lowest BCUT2D eigenvalue weighted by Gasteiger charge is -2.33. The molecule has 7 heteroatoms. The highest BCUT2D eigenvalue weighted by atomic mass is 35.5. The molecule has 1 saturated heterocycles. The van der Waals surface area contributed by atoms with Crippen LogP contribution >= 0.6 is 11.6 Å². The average Bonchev–Trinajstić information content (AvgIpc) is 2.47. The van der Waals surface area contributed by atoms with E-state index >= 15 is 0 Å². The highest BCUT2D eigenvalue weighted by Gasteiger charge is 2.26. The molecule has 1 aliphatic rings. The number of alkyl carbamates (subject to hydrolysis) is 1. The number of amides is 2. The smallest absolute Gasteiger partial charge is 0.407 e. The first-order valence-corrected chi connectivity index (χ1v) is 7.56. The molecule has 22 heavy (non-hydrogen) atoms. The standard InChI is InChI=1S/C15H18ClFN2O3/c1-2-22-15(21)18-11-4-3-7-19(9-11)14(20)12-6-5-10(17)8-13(12)16/h5-6,8,11H,2-4,7,9H2,1H3,(H,18,21). The van der Waals surface area contributed by atoms with E-state index in [1.54, 1.807) is 11.8 Å². The van der Waals surface area contributed by atoms with E-state index < -0.39 is 11.9 Å². The van der Waals surface area contributed by atoms with Crippen molar-refractivity contribution in [2.75, 3.05) is 19.7 Å². The van der Waals surface area contributed by atoms with E-state index in [1.165, 1.54) is 12.1 Å². The number of nitrogens with zero attached hydrogens (tertiary/aromatic N) is 1. The maximum atomic E-state index is 13.1. The maximum absolute atomic E-state index is 13.1. The van der Waals surface area contributed by atoms with E-state index in [2.05, 4.69) is 5.32 Å². The molecule has 0 spiro atoms. The number of piperidine rings is 1. The molecular weight excluding hydrogens is 311 g/mol. The second-order valence-corrected chi connectivity index (χ2v) is 5.49. The Hall–Kier alpha value is -1.82. The number of carbonyl (C=O) groups excluding carboxylic acids is 2. The number of halogens is 2. The van der Waals surface area contributed by atoms with Crippen molar-refractivity contribution in [1.29, 1.82) is 0 Å². The molecule has 1 aliphatic heterocycles. The lowest BCUT2D eigenvalue weighted by molar-refractivity contribution is 0.0686. The van der Waals surface area contributed by atoms with Crippen LogP contribution in [0, 0.1) is 5.82 Å². The Bertz CT molecular complexity index is 568. The number of hydrogen-bond acceptors (Lipinski definition) is 3. The van der Waals surface area contributed by atoms with Crippen LogP contribution in [-0.4, -0.2) is 42.6 Å². The molecule has 0 bridgehead atoms. The third-order valence-electron chi connectivity index (χ3n) is 3.47. The molecule has 1 unspecified atom stereocenters. The minimum absolute atomic E-state index is 0.0884. The normalized spacial score (nSPS) is 18.0. The van der Waals surface area contributed by atoms with E-state index in [-0.39, 0.29) is 22.5 Å².